The van der Waals surface area contributed by atoms with Crippen LogP contribution in [0.3, 0.4) is 0 Å². The van der Waals surface area contributed by atoms with Crippen molar-refractivity contribution in [1.82, 2.24) is 4.90 Å². The fourth-order valence-corrected chi connectivity index (χ4v) is 1.86. The van der Waals surface area contributed by atoms with Gasteiger partial charge in [0, 0.05) is 24.5 Å². The van der Waals surface area contributed by atoms with Crippen LogP contribution < -0.4 is 11.5 Å². The van der Waals surface area contributed by atoms with Crippen LogP contribution in [-0.4, -0.2) is 18.5 Å². The average Bonchev–Trinajstić information content (AvgIpc) is 2.12. The number of hydrogen-bond acceptors (Lipinski definition) is 3. The number of benzene rings is 1. The Morgan fingerprint density at radius 1 is 1.15 bits per heavy atom. The zero-order chi connectivity index (χ0) is 9.42. The molecule has 1 aromatic carbocycles. The molecule has 0 fully saturated rings. The molecule has 13 heavy (non-hydrogen) atoms. The van der Waals surface area contributed by atoms with Crippen LogP contribution in [0.25, 0.3) is 0 Å². The molecule has 3 nitrogen and oxygen atoms in total. The van der Waals surface area contributed by atoms with E-state index in [9.17, 15) is 0 Å². The van der Waals surface area contributed by atoms with E-state index in [0.29, 0.717) is 0 Å². The van der Waals surface area contributed by atoms with E-state index in [1.54, 1.807) is 0 Å². The molecule has 0 aromatic heterocycles. The average molecular weight is 177 g/mol. The van der Waals surface area contributed by atoms with Gasteiger partial charge in [0.1, 0.15) is 0 Å². The number of likely N-dealkylation sites (N-methyl/N-ethyl adjacent to an activating group) is 1. The lowest BCUT2D eigenvalue weighted by molar-refractivity contribution is 0.314. The normalized spacial score (nSPS) is 17.0. The minimum atomic E-state index is 0.871. The van der Waals surface area contributed by atoms with Gasteiger partial charge < -0.3 is 16.4 Å². The molecular weight excluding hydrogens is 162 g/mol. The van der Waals surface area contributed by atoms with Crippen molar-refractivity contribution in [2.75, 3.05) is 25.1 Å². The maximum Gasteiger partial charge on any atom is 0.0364 e. The maximum atomic E-state index is 5.89. The second-order valence-corrected chi connectivity index (χ2v) is 3.69. The molecule has 1 heterocycles. The number of anilines is 2. The van der Waals surface area contributed by atoms with Crippen LogP contribution >= 0.6 is 0 Å². The minimum absolute atomic E-state index is 0.871. The van der Waals surface area contributed by atoms with Gasteiger partial charge in [0.2, 0.25) is 0 Å². The summed E-state index contributed by atoms with van der Waals surface area (Å²) in [4.78, 5) is 2.26. The molecule has 1 aliphatic rings. The fraction of sp³-hybridized carbons (Fsp3) is 0.400. The number of hydrogen-bond donors (Lipinski definition) is 2. The number of nitrogens with two attached hydrogens (primary N) is 2. The Kier molecular flexibility index (Phi) is 1.88. The third kappa shape index (κ3) is 1.35. The van der Waals surface area contributed by atoms with Gasteiger partial charge >= 0.3 is 0 Å². The molecule has 0 spiro atoms. The predicted octanol–water partition coefficient (Wildman–Crippen LogP) is 0.839. The highest BCUT2D eigenvalue weighted by Gasteiger charge is 2.17. The van der Waals surface area contributed by atoms with E-state index < -0.39 is 0 Å². The van der Waals surface area contributed by atoms with Crippen LogP contribution in [0.4, 0.5) is 11.4 Å². The molecule has 70 valence electrons. The molecule has 0 unspecified atom stereocenters. The summed E-state index contributed by atoms with van der Waals surface area (Å²) >= 11 is 0. The summed E-state index contributed by atoms with van der Waals surface area (Å²) in [6.07, 6.45) is 1.02. The smallest absolute Gasteiger partial charge is 0.0364 e. The largest absolute Gasteiger partial charge is 0.398 e. The molecule has 0 aliphatic carbocycles. The van der Waals surface area contributed by atoms with Gasteiger partial charge in [0.25, 0.3) is 0 Å². The Hall–Kier alpha value is -1.22. The lowest BCUT2D eigenvalue weighted by atomic mass is 9.97. The first kappa shape index (κ1) is 8.38. The summed E-state index contributed by atoms with van der Waals surface area (Å²) in [7, 11) is 2.10. The third-order valence-electron chi connectivity index (χ3n) is 2.68. The number of nitrogen functional groups attached to an aromatic ring is 2. The van der Waals surface area contributed by atoms with E-state index in [1.165, 1.54) is 11.1 Å². The van der Waals surface area contributed by atoms with Crippen molar-refractivity contribution in [2.45, 2.75) is 13.0 Å². The molecule has 4 N–H and O–H groups in total. The van der Waals surface area contributed by atoms with Crippen LogP contribution in [0.1, 0.15) is 11.1 Å². The molecule has 0 bridgehead atoms. The lowest BCUT2D eigenvalue weighted by Crippen LogP contribution is -2.28. The third-order valence-corrected chi connectivity index (χ3v) is 2.68. The fourth-order valence-electron chi connectivity index (χ4n) is 1.86. The van der Waals surface area contributed by atoms with Gasteiger partial charge in [0.05, 0.1) is 0 Å². The lowest BCUT2D eigenvalue weighted by Gasteiger charge is -2.27. The quantitative estimate of drug-likeness (QED) is 0.577. The van der Waals surface area contributed by atoms with Crippen LogP contribution in [0.15, 0.2) is 12.1 Å². The van der Waals surface area contributed by atoms with Crippen molar-refractivity contribution in [1.29, 1.82) is 0 Å². The Morgan fingerprint density at radius 3 is 2.46 bits per heavy atom. The first-order chi connectivity index (χ1) is 6.18. The summed E-state index contributed by atoms with van der Waals surface area (Å²) < 4.78 is 0. The van der Waals surface area contributed by atoms with Crippen LogP contribution in [0.2, 0.25) is 0 Å². The Morgan fingerprint density at radius 2 is 1.77 bits per heavy atom. The van der Waals surface area contributed by atoms with Gasteiger partial charge in [-0.3, -0.25) is 0 Å². The van der Waals surface area contributed by atoms with E-state index >= 15 is 0 Å². The number of rotatable bonds is 0. The highest BCUT2D eigenvalue weighted by atomic mass is 15.1. The Labute approximate surface area is 78.3 Å². The Balaban J connectivity index is 2.51. The van der Waals surface area contributed by atoms with Gasteiger partial charge in [-0.1, -0.05) is 0 Å². The molecule has 1 aromatic rings. The molecule has 0 amide bonds. The van der Waals surface area contributed by atoms with E-state index in [0.717, 1.165) is 30.9 Å². The second-order valence-electron chi connectivity index (χ2n) is 3.69. The molecular formula is C10H15N3. The topological polar surface area (TPSA) is 55.3 Å². The highest BCUT2D eigenvalue weighted by Crippen LogP contribution is 2.28. The first-order valence-corrected chi connectivity index (χ1v) is 4.52. The van der Waals surface area contributed by atoms with Crippen LogP contribution in [0, 0.1) is 0 Å². The molecule has 0 saturated heterocycles. The van der Waals surface area contributed by atoms with Crippen molar-refractivity contribution in [3.63, 3.8) is 0 Å². The van der Waals surface area contributed by atoms with E-state index in [2.05, 4.69) is 11.9 Å². The van der Waals surface area contributed by atoms with Crippen LogP contribution in [-0.2, 0) is 13.0 Å². The standard InChI is InChI=1S/C10H15N3/c1-13-5-4-7-8(6-13)10(12)3-2-9(7)11/h2-3H,4-6,11-12H2,1H3. The summed E-state index contributed by atoms with van der Waals surface area (Å²) in [5.41, 5.74) is 16.0. The summed E-state index contributed by atoms with van der Waals surface area (Å²) in [5, 5.41) is 0. The Bertz CT molecular complexity index is 333. The van der Waals surface area contributed by atoms with Gasteiger partial charge in [-0.15, -0.1) is 0 Å². The summed E-state index contributed by atoms with van der Waals surface area (Å²) in [6.45, 7) is 1.99. The van der Waals surface area contributed by atoms with E-state index in [1.807, 2.05) is 12.1 Å². The molecule has 0 atom stereocenters. The van der Waals surface area contributed by atoms with E-state index in [4.69, 9.17) is 11.5 Å². The molecule has 0 saturated carbocycles. The van der Waals surface area contributed by atoms with Crippen molar-refractivity contribution in [2.24, 2.45) is 0 Å². The molecule has 3 heteroatoms. The SMILES string of the molecule is CN1CCc2c(N)ccc(N)c2C1. The molecule has 0 radical (unpaired) electrons. The zero-order valence-corrected chi connectivity index (χ0v) is 7.88. The van der Waals surface area contributed by atoms with Crippen molar-refractivity contribution < 1.29 is 0 Å². The molecule has 2 rings (SSSR count). The van der Waals surface area contributed by atoms with Crippen molar-refractivity contribution in [3.8, 4) is 0 Å². The van der Waals surface area contributed by atoms with Crippen molar-refractivity contribution in [3.05, 3.63) is 23.3 Å². The number of nitrogens with zero attached hydrogens (tertiary/aromatic N) is 1. The first-order valence-electron chi connectivity index (χ1n) is 4.52. The van der Waals surface area contributed by atoms with Gasteiger partial charge in [-0.05, 0) is 36.7 Å². The summed E-state index contributed by atoms with van der Waals surface area (Å²) in [6, 6.07) is 3.80. The summed E-state index contributed by atoms with van der Waals surface area (Å²) in [5.74, 6) is 0. The second kappa shape index (κ2) is 2.92. The number of fused-ring (bicyclic) bond motifs is 1. The van der Waals surface area contributed by atoms with Gasteiger partial charge in [-0.25, -0.2) is 0 Å². The molecule has 1 aliphatic heterocycles. The zero-order valence-electron chi connectivity index (χ0n) is 7.88. The monoisotopic (exact) mass is 177 g/mol. The predicted molar refractivity (Wildman–Crippen MR) is 55.3 cm³/mol. The van der Waals surface area contributed by atoms with Crippen LogP contribution in [0.5, 0.6) is 0 Å². The highest BCUT2D eigenvalue weighted by molar-refractivity contribution is 5.62. The maximum absolute atomic E-state index is 5.89. The van der Waals surface area contributed by atoms with Crippen molar-refractivity contribution >= 4 is 11.4 Å². The van der Waals surface area contributed by atoms with Gasteiger partial charge in [0.15, 0.2) is 0 Å². The van der Waals surface area contributed by atoms with Gasteiger partial charge in [-0.2, -0.15) is 0 Å². The van der Waals surface area contributed by atoms with E-state index in [-0.39, 0.29) is 0 Å². The minimum Gasteiger partial charge on any atom is -0.398 e.